The molecular weight excluding hydrogens is 268 g/mol. The van der Waals surface area contributed by atoms with Crippen LogP contribution in [0.1, 0.15) is 53.9 Å². The number of carbonyl (C=O) groups is 2. The third-order valence-electron chi connectivity index (χ3n) is 3.65. The van der Waals surface area contributed by atoms with E-state index in [-0.39, 0.29) is 23.9 Å². The first-order valence-corrected chi connectivity index (χ1v) is 8.03. The van der Waals surface area contributed by atoms with Crippen molar-refractivity contribution in [3.63, 3.8) is 0 Å². The second-order valence-electron chi connectivity index (χ2n) is 6.75. The number of amides is 1. The highest BCUT2D eigenvalue weighted by Gasteiger charge is 2.29. The molecule has 0 aromatic rings. The van der Waals surface area contributed by atoms with Crippen molar-refractivity contribution < 1.29 is 14.3 Å². The van der Waals surface area contributed by atoms with Gasteiger partial charge in [0.2, 0.25) is 5.91 Å². The molecule has 1 rings (SSSR count). The Balaban J connectivity index is 2.62. The maximum atomic E-state index is 12.4. The van der Waals surface area contributed by atoms with E-state index >= 15 is 0 Å². The molecule has 0 saturated carbocycles. The number of piperidine rings is 1. The van der Waals surface area contributed by atoms with E-state index < -0.39 is 6.04 Å². The highest BCUT2D eigenvalue weighted by molar-refractivity contribution is 5.85. The minimum atomic E-state index is -0.537. The van der Waals surface area contributed by atoms with Crippen molar-refractivity contribution in [2.45, 2.75) is 72.1 Å². The summed E-state index contributed by atoms with van der Waals surface area (Å²) in [5.41, 5.74) is 0. The van der Waals surface area contributed by atoms with Gasteiger partial charge in [-0.3, -0.25) is 4.79 Å². The fraction of sp³-hybridized carbons (Fsp3) is 0.875. The molecule has 0 aromatic carbocycles. The third kappa shape index (κ3) is 6.46. The zero-order valence-corrected chi connectivity index (χ0v) is 13.9. The van der Waals surface area contributed by atoms with E-state index in [1.54, 1.807) is 0 Å². The van der Waals surface area contributed by atoms with Crippen molar-refractivity contribution in [1.29, 1.82) is 0 Å². The topological polar surface area (TPSA) is 67.4 Å². The van der Waals surface area contributed by atoms with Gasteiger partial charge in [-0.2, -0.15) is 0 Å². The number of hydrogen-bond acceptors (Lipinski definition) is 4. The van der Waals surface area contributed by atoms with E-state index in [1.165, 1.54) is 0 Å². The first kappa shape index (κ1) is 18.0. The summed E-state index contributed by atoms with van der Waals surface area (Å²) < 4.78 is 5.26. The van der Waals surface area contributed by atoms with Crippen molar-refractivity contribution in [2.75, 3.05) is 6.54 Å². The van der Waals surface area contributed by atoms with Crippen LogP contribution in [0.25, 0.3) is 0 Å². The van der Waals surface area contributed by atoms with Crippen LogP contribution in [-0.2, 0) is 14.3 Å². The second kappa shape index (κ2) is 8.37. The first-order valence-electron chi connectivity index (χ1n) is 8.03. The number of nitrogens with one attached hydrogen (secondary N) is 2. The molecule has 1 amide bonds. The van der Waals surface area contributed by atoms with E-state index in [0.717, 1.165) is 19.4 Å². The molecule has 122 valence electrons. The van der Waals surface area contributed by atoms with Gasteiger partial charge in [0.1, 0.15) is 6.04 Å². The molecule has 0 spiro atoms. The summed E-state index contributed by atoms with van der Waals surface area (Å²) in [6, 6.07) is -0.189. The lowest BCUT2D eigenvalue weighted by molar-refractivity contribution is -0.152. The van der Waals surface area contributed by atoms with Gasteiger partial charge in [-0.05, 0) is 52.5 Å². The molecule has 1 aliphatic heterocycles. The molecule has 1 aliphatic rings. The minimum Gasteiger partial charge on any atom is -0.461 e. The van der Waals surface area contributed by atoms with Crippen LogP contribution in [0.2, 0.25) is 0 Å². The van der Waals surface area contributed by atoms with Gasteiger partial charge < -0.3 is 15.4 Å². The Morgan fingerprint density at radius 1 is 1.29 bits per heavy atom. The Kier molecular flexibility index (Phi) is 7.15. The van der Waals surface area contributed by atoms with Crippen LogP contribution < -0.4 is 10.6 Å². The molecule has 1 fully saturated rings. The lowest BCUT2D eigenvalue weighted by Crippen LogP contribution is -2.48. The van der Waals surface area contributed by atoms with Crippen molar-refractivity contribution in [2.24, 2.45) is 11.8 Å². The quantitative estimate of drug-likeness (QED) is 0.735. The Bertz CT molecular complexity index is 355. The van der Waals surface area contributed by atoms with Crippen LogP contribution in [0.4, 0.5) is 0 Å². The number of ether oxygens (including phenoxy) is 1. The summed E-state index contributed by atoms with van der Waals surface area (Å²) in [5.74, 6) is -0.0338. The Morgan fingerprint density at radius 3 is 2.48 bits per heavy atom. The highest BCUT2D eigenvalue weighted by Crippen LogP contribution is 2.17. The van der Waals surface area contributed by atoms with Gasteiger partial charge in [0.15, 0.2) is 0 Å². The molecule has 0 radical (unpaired) electrons. The summed E-state index contributed by atoms with van der Waals surface area (Å²) in [4.78, 5) is 24.5. The van der Waals surface area contributed by atoms with Gasteiger partial charge in [0.05, 0.1) is 6.10 Å². The second-order valence-corrected chi connectivity index (χ2v) is 6.75. The maximum absolute atomic E-state index is 12.4. The molecule has 21 heavy (non-hydrogen) atoms. The summed E-state index contributed by atoms with van der Waals surface area (Å²) in [7, 11) is 0. The first-order chi connectivity index (χ1) is 9.79. The zero-order chi connectivity index (χ0) is 16.0. The van der Waals surface area contributed by atoms with E-state index in [0.29, 0.717) is 18.4 Å². The average Bonchev–Trinajstić information content (AvgIpc) is 2.36. The van der Waals surface area contributed by atoms with Crippen molar-refractivity contribution >= 4 is 11.9 Å². The zero-order valence-electron chi connectivity index (χ0n) is 13.9. The molecule has 0 aromatic heterocycles. The minimum absolute atomic E-state index is 0.0113. The van der Waals surface area contributed by atoms with Gasteiger partial charge in [-0.1, -0.05) is 13.8 Å². The average molecular weight is 298 g/mol. The fourth-order valence-corrected chi connectivity index (χ4v) is 2.66. The van der Waals surface area contributed by atoms with Crippen LogP contribution in [0, 0.1) is 11.8 Å². The largest absolute Gasteiger partial charge is 0.461 e. The summed E-state index contributed by atoms with van der Waals surface area (Å²) in [6.45, 7) is 10.6. The molecule has 5 nitrogen and oxygen atoms in total. The smallest absolute Gasteiger partial charge is 0.328 e. The molecule has 1 heterocycles. The molecule has 0 aliphatic carbocycles. The molecule has 1 saturated heterocycles. The molecule has 0 unspecified atom stereocenters. The predicted molar refractivity (Wildman–Crippen MR) is 82.8 cm³/mol. The number of carbonyl (C=O) groups excluding carboxylic acids is 2. The van der Waals surface area contributed by atoms with Crippen molar-refractivity contribution in [3.05, 3.63) is 0 Å². The molecule has 2 N–H and O–H groups in total. The Morgan fingerprint density at radius 2 is 1.95 bits per heavy atom. The van der Waals surface area contributed by atoms with Crippen molar-refractivity contribution in [1.82, 2.24) is 10.6 Å². The Labute approximate surface area is 128 Å². The van der Waals surface area contributed by atoms with E-state index in [9.17, 15) is 9.59 Å². The van der Waals surface area contributed by atoms with E-state index in [1.807, 2.05) is 27.7 Å². The number of esters is 1. The molecule has 3 atom stereocenters. The molecule has 0 bridgehead atoms. The summed E-state index contributed by atoms with van der Waals surface area (Å²) in [5, 5.41) is 6.23. The van der Waals surface area contributed by atoms with E-state index in [4.69, 9.17) is 4.74 Å². The fourth-order valence-electron chi connectivity index (χ4n) is 2.66. The summed E-state index contributed by atoms with van der Waals surface area (Å²) >= 11 is 0. The standard InChI is InChI=1S/C16H30N2O3/c1-10(2)8-14(16(20)21-11(3)4)18-15(19)13-6-7-17-12(5)9-13/h10-14,17H,6-9H2,1-5H3,(H,18,19)/t12-,13-,14-/m0/s1. The predicted octanol–water partition coefficient (Wildman–Crippen LogP) is 1.86. The molecule has 5 heteroatoms. The monoisotopic (exact) mass is 298 g/mol. The van der Waals surface area contributed by atoms with Crippen LogP contribution in [-0.4, -0.2) is 36.6 Å². The van der Waals surface area contributed by atoms with Gasteiger partial charge in [0, 0.05) is 12.0 Å². The summed E-state index contributed by atoms with van der Waals surface area (Å²) in [6.07, 6.45) is 2.09. The third-order valence-corrected chi connectivity index (χ3v) is 3.65. The van der Waals surface area contributed by atoms with Gasteiger partial charge >= 0.3 is 5.97 Å². The van der Waals surface area contributed by atoms with Crippen LogP contribution in [0.3, 0.4) is 0 Å². The Hall–Kier alpha value is -1.10. The van der Waals surface area contributed by atoms with Crippen LogP contribution >= 0.6 is 0 Å². The lowest BCUT2D eigenvalue weighted by atomic mass is 9.92. The van der Waals surface area contributed by atoms with Crippen LogP contribution in [0.5, 0.6) is 0 Å². The number of rotatable bonds is 6. The van der Waals surface area contributed by atoms with Crippen molar-refractivity contribution in [3.8, 4) is 0 Å². The van der Waals surface area contributed by atoms with Gasteiger partial charge in [-0.15, -0.1) is 0 Å². The number of hydrogen-bond donors (Lipinski definition) is 2. The van der Waals surface area contributed by atoms with Gasteiger partial charge in [-0.25, -0.2) is 4.79 Å². The van der Waals surface area contributed by atoms with Crippen LogP contribution in [0.15, 0.2) is 0 Å². The highest BCUT2D eigenvalue weighted by atomic mass is 16.5. The maximum Gasteiger partial charge on any atom is 0.328 e. The molecular formula is C16H30N2O3. The van der Waals surface area contributed by atoms with Gasteiger partial charge in [0.25, 0.3) is 0 Å². The SMILES string of the molecule is CC(C)C[C@H](NC(=O)[C@H]1CCN[C@@H](C)C1)C(=O)OC(C)C. The normalized spacial score (nSPS) is 24.0. The van der Waals surface area contributed by atoms with E-state index in [2.05, 4.69) is 17.6 Å². The lowest BCUT2D eigenvalue weighted by Gasteiger charge is -2.29.